The van der Waals surface area contributed by atoms with Gasteiger partial charge in [0, 0.05) is 18.3 Å². The molecule has 0 aromatic carbocycles. The van der Waals surface area contributed by atoms with Crippen LogP contribution in [0.15, 0.2) is 6.07 Å². The van der Waals surface area contributed by atoms with Crippen LogP contribution in [0.25, 0.3) is 0 Å². The number of hydrogen-bond acceptors (Lipinski definition) is 4. The van der Waals surface area contributed by atoms with Crippen LogP contribution in [0.1, 0.15) is 18.5 Å². The summed E-state index contributed by atoms with van der Waals surface area (Å²) < 4.78 is 0. The predicted molar refractivity (Wildman–Crippen MR) is 65.9 cm³/mol. The largest absolute Gasteiger partial charge is 0.370 e. The molecule has 4 nitrogen and oxygen atoms in total. The van der Waals surface area contributed by atoms with E-state index in [1.165, 1.54) is 12.8 Å². The van der Waals surface area contributed by atoms with Gasteiger partial charge in [-0.2, -0.15) is 0 Å². The molecule has 1 aliphatic rings. The van der Waals surface area contributed by atoms with Gasteiger partial charge >= 0.3 is 0 Å². The Bertz CT molecular complexity index is 330. The third-order valence-corrected chi connectivity index (χ3v) is 2.97. The summed E-state index contributed by atoms with van der Waals surface area (Å²) in [6.45, 7) is 5.10. The van der Waals surface area contributed by atoms with Gasteiger partial charge in [0.2, 0.25) is 5.28 Å². The SMILES string of the molecule is Cc1cc(NCC2CCCNC2)nc(Cl)n1. The van der Waals surface area contributed by atoms with E-state index in [1.807, 2.05) is 13.0 Å². The maximum absolute atomic E-state index is 5.80. The van der Waals surface area contributed by atoms with Gasteiger partial charge in [0.15, 0.2) is 0 Å². The molecule has 0 radical (unpaired) electrons. The Labute approximate surface area is 101 Å². The van der Waals surface area contributed by atoms with Gasteiger partial charge in [0.05, 0.1) is 0 Å². The normalized spacial score (nSPS) is 20.8. The predicted octanol–water partition coefficient (Wildman–Crippen LogP) is 1.85. The van der Waals surface area contributed by atoms with Gasteiger partial charge < -0.3 is 10.6 Å². The fourth-order valence-corrected chi connectivity index (χ4v) is 2.19. The average Bonchev–Trinajstić information content (AvgIpc) is 2.27. The van der Waals surface area contributed by atoms with Crippen molar-refractivity contribution >= 4 is 17.4 Å². The minimum absolute atomic E-state index is 0.310. The average molecular weight is 241 g/mol. The smallest absolute Gasteiger partial charge is 0.224 e. The van der Waals surface area contributed by atoms with Crippen molar-refractivity contribution in [2.75, 3.05) is 25.0 Å². The van der Waals surface area contributed by atoms with Gasteiger partial charge in [0.25, 0.3) is 0 Å². The lowest BCUT2D eigenvalue weighted by atomic mass is 10.00. The Morgan fingerprint density at radius 1 is 1.56 bits per heavy atom. The van der Waals surface area contributed by atoms with Crippen LogP contribution in [0.3, 0.4) is 0 Å². The van der Waals surface area contributed by atoms with Gasteiger partial charge in [0.1, 0.15) is 5.82 Å². The van der Waals surface area contributed by atoms with Crippen LogP contribution in [-0.2, 0) is 0 Å². The highest BCUT2D eigenvalue weighted by Gasteiger charge is 2.12. The number of anilines is 1. The summed E-state index contributed by atoms with van der Waals surface area (Å²) in [6, 6.07) is 1.92. The maximum Gasteiger partial charge on any atom is 0.224 e. The van der Waals surface area contributed by atoms with Gasteiger partial charge in [-0.25, -0.2) is 9.97 Å². The van der Waals surface area contributed by atoms with Crippen LogP contribution >= 0.6 is 11.6 Å². The second-order valence-electron chi connectivity index (χ2n) is 4.26. The topological polar surface area (TPSA) is 49.8 Å². The van der Waals surface area contributed by atoms with Crippen molar-refractivity contribution in [2.45, 2.75) is 19.8 Å². The van der Waals surface area contributed by atoms with E-state index in [-0.39, 0.29) is 0 Å². The van der Waals surface area contributed by atoms with Crippen molar-refractivity contribution < 1.29 is 0 Å². The molecule has 1 aliphatic heterocycles. The summed E-state index contributed by atoms with van der Waals surface area (Å²) in [6.07, 6.45) is 2.54. The molecule has 1 unspecified atom stereocenters. The van der Waals surface area contributed by atoms with Crippen molar-refractivity contribution in [1.82, 2.24) is 15.3 Å². The van der Waals surface area contributed by atoms with Crippen molar-refractivity contribution in [2.24, 2.45) is 5.92 Å². The molecule has 16 heavy (non-hydrogen) atoms. The molecule has 1 aromatic heterocycles. The zero-order valence-electron chi connectivity index (χ0n) is 9.46. The van der Waals surface area contributed by atoms with Crippen molar-refractivity contribution in [3.05, 3.63) is 17.0 Å². The number of nitrogens with one attached hydrogen (secondary N) is 2. The van der Waals surface area contributed by atoms with Crippen LogP contribution in [0, 0.1) is 12.8 Å². The Morgan fingerprint density at radius 2 is 2.44 bits per heavy atom. The third kappa shape index (κ3) is 3.32. The molecule has 0 saturated carbocycles. The van der Waals surface area contributed by atoms with Crippen molar-refractivity contribution in [3.63, 3.8) is 0 Å². The highest BCUT2D eigenvalue weighted by molar-refractivity contribution is 6.28. The number of aromatic nitrogens is 2. The molecule has 0 bridgehead atoms. The van der Waals surface area contributed by atoms with Crippen LogP contribution in [-0.4, -0.2) is 29.6 Å². The van der Waals surface area contributed by atoms with Crippen molar-refractivity contribution in [1.29, 1.82) is 0 Å². The molecule has 0 spiro atoms. The molecule has 88 valence electrons. The van der Waals surface area contributed by atoms with E-state index < -0.39 is 0 Å². The highest BCUT2D eigenvalue weighted by atomic mass is 35.5. The minimum atomic E-state index is 0.310. The van der Waals surface area contributed by atoms with Crippen LogP contribution < -0.4 is 10.6 Å². The first kappa shape index (κ1) is 11.6. The Kier molecular flexibility index (Phi) is 3.96. The quantitative estimate of drug-likeness (QED) is 0.792. The van der Waals surface area contributed by atoms with E-state index in [0.717, 1.165) is 31.1 Å². The Morgan fingerprint density at radius 3 is 3.12 bits per heavy atom. The van der Waals surface area contributed by atoms with E-state index in [2.05, 4.69) is 20.6 Å². The monoisotopic (exact) mass is 240 g/mol. The number of hydrogen-bond donors (Lipinski definition) is 2. The fraction of sp³-hybridized carbons (Fsp3) is 0.636. The van der Waals surface area contributed by atoms with E-state index in [9.17, 15) is 0 Å². The van der Waals surface area contributed by atoms with Crippen LogP contribution in [0.4, 0.5) is 5.82 Å². The van der Waals surface area contributed by atoms with E-state index in [0.29, 0.717) is 11.2 Å². The maximum atomic E-state index is 5.80. The second-order valence-corrected chi connectivity index (χ2v) is 4.59. The van der Waals surface area contributed by atoms with Gasteiger partial charge in [-0.05, 0) is 50.4 Å². The number of aryl methyl sites for hydroxylation is 1. The highest BCUT2D eigenvalue weighted by Crippen LogP contribution is 2.13. The Balaban J connectivity index is 1.88. The fourth-order valence-electron chi connectivity index (χ4n) is 1.97. The standard InChI is InChI=1S/C11H17ClN4/c1-8-5-10(16-11(12)15-8)14-7-9-3-2-4-13-6-9/h5,9,13H,2-4,6-7H2,1H3,(H,14,15,16). The molecule has 2 N–H and O–H groups in total. The van der Waals surface area contributed by atoms with E-state index in [4.69, 9.17) is 11.6 Å². The molecule has 0 amide bonds. The second kappa shape index (κ2) is 5.46. The van der Waals surface area contributed by atoms with E-state index >= 15 is 0 Å². The molecular weight excluding hydrogens is 224 g/mol. The lowest BCUT2D eigenvalue weighted by molar-refractivity contribution is 0.392. The van der Waals surface area contributed by atoms with Gasteiger partial charge in [-0.1, -0.05) is 0 Å². The van der Waals surface area contributed by atoms with Crippen molar-refractivity contribution in [3.8, 4) is 0 Å². The molecule has 2 heterocycles. The first-order valence-corrected chi connectivity index (χ1v) is 6.07. The number of halogens is 1. The summed E-state index contributed by atoms with van der Waals surface area (Å²) in [5.41, 5.74) is 0.893. The third-order valence-electron chi connectivity index (χ3n) is 2.80. The van der Waals surface area contributed by atoms with E-state index in [1.54, 1.807) is 0 Å². The molecule has 1 fully saturated rings. The first-order chi connectivity index (χ1) is 7.74. The summed E-state index contributed by atoms with van der Waals surface area (Å²) in [5.74, 6) is 1.51. The molecule has 1 saturated heterocycles. The molecule has 1 atom stereocenters. The van der Waals surface area contributed by atoms with Crippen LogP contribution in [0.2, 0.25) is 5.28 Å². The number of piperidine rings is 1. The number of rotatable bonds is 3. The molecule has 1 aromatic rings. The summed E-state index contributed by atoms with van der Waals surface area (Å²) >= 11 is 5.80. The first-order valence-electron chi connectivity index (χ1n) is 5.70. The summed E-state index contributed by atoms with van der Waals surface area (Å²) in [4.78, 5) is 8.17. The zero-order chi connectivity index (χ0) is 11.4. The molecule has 0 aliphatic carbocycles. The molecular formula is C11H17ClN4. The van der Waals surface area contributed by atoms with Gasteiger partial charge in [-0.15, -0.1) is 0 Å². The summed E-state index contributed by atoms with van der Waals surface area (Å²) in [5, 5.41) is 7.03. The van der Waals surface area contributed by atoms with Gasteiger partial charge in [-0.3, -0.25) is 0 Å². The minimum Gasteiger partial charge on any atom is -0.370 e. The Hall–Kier alpha value is -0.870. The molecule has 2 rings (SSSR count). The lowest BCUT2D eigenvalue weighted by Gasteiger charge is -2.23. The summed E-state index contributed by atoms with van der Waals surface area (Å²) in [7, 11) is 0. The lowest BCUT2D eigenvalue weighted by Crippen LogP contribution is -2.33. The zero-order valence-corrected chi connectivity index (χ0v) is 10.2. The van der Waals surface area contributed by atoms with Crippen LogP contribution in [0.5, 0.6) is 0 Å². The molecule has 5 heteroatoms. The number of nitrogens with zero attached hydrogens (tertiary/aromatic N) is 2.